The summed E-state index contributed by atoms with van der Waals surface area (Å²) in [6.07, 6.45) is 4.35. The average Bonchev–Trinajstić information content (AvgIpc) is 2.99. The third-order valence-corrected chi connectivity index (χ3v) is 3.89. The van der Waals surface area contributed by atoms with E-state index in [0.29, 0.717) is 17.9 Å². The molecule has 1 saturated carbocycles. The van der Waals surface area contributed by atoms with Gasteiger partial charge in [-0.2, -0.15) is 0 Å². The number of amides is 1. The van der Waals surface area contributed by atoms with E-state index in [4.69, 9.17) is 9.26 Å². The SMILES string of the molecule is Cc1cc(C(=O)N[C@@H]2CCC[C@@H](Oc3cccnc3)[C@@H]2O)on1. The van der Waals surface area contributed by atoms with Crippen LogP contribution in [-0.4, -0.2) is 39.4 Å². The number of hydrogen-bond acceptors (Lipinski definition) is 6. The van der Waals surface area contributed by atoms with Crippen LogP contribution < -0.4 is 10.1 Å². The molecule has 2 N–H and O–H groups in total. The summed E-state index contributed by atoms with van der Waals surface area (Å²) < 4.78 is 10.7. The lowest BCUT2D eigenvalue weighted by molar-refractivity contribution is -0.0145. The van der Waals surface area contributed by atoms with Crippen LogP contribution in [0.25, 0.3) is 0 Å². The number of pyridine rings is 1. The lowest BCUT2D eigenvalue weighted by atomic mass is 9.89. The number of nitrogens with zero attached hydrogens (tertiary/aromatic N) is 2. The maximum Gasteiger partial charge on any atom is 0.290 e. The first kappa shape index (κ1) is 15.5. The number of aliphatic hydroxyl groups excluding tert-OH is 1. The molecule has 0 unspecified atom stereocenters. The predicted octanol–water partition coefficient (Wildman–Crippen LogP) is 1.47. The summed E-state index contributed by atoms with van der Waals surface area (Å²) in [6, 6.07) is 4.74. The van der Waals surface area contributed by atoms with E-state index in [2.05, 4.69) is 15.5 Å². The Labute approximate surface area is 133 Å². The van der Waals surface area contributed by atoms with Gasteiger partial charge in [0.25, 0.3) is 5.91 Å². The van der Waals surface area contributed by atoms with Crippen molar-refractivity contribution in [1.29, 1.82) is 0 Å². The molecule has 23 heavy (non-hydrogen) atoms. The monoisotopic (exact) mass is 317 g/mol. The Morgan fingerprint density at radius 1 is 1.48 bits per heavy atom. The van der Waals surface area contributed by atoms with Crippen LogP contribution in [0.3, 0.4) is 0 Å². The fourth-order valence-electron chi connectivity index (χ4n) is 2.73. The molecular weight excluding hydrogens is 298 g/mol. The van der Waals surface area contributed by atoms with Crippen molar-refractivity contribution >= 4 is 5.91 Å². The van der Waals surface area contributed by atoms with Crippen LogP contribution in [0.2, 0.25) is 0 Å². The molecule has 3 atom stereocenters. The lowest BCUT2D eigenvalue weighted by Crippen LogP contribution is -2.52. The number of rotatable bonds is 4. The Morgan fingerprint density at radius 3 is 3.04 bits per heavy atom. The van der Waals surface area contributed by atoms with Gasteiger partial charge in [-0.3, -0.25) is 9.78 Å². The zero-order valence-corrected chi connectivity index (χ0v) is 12.8. The number of nitrogens with one attached hydrogen (secondary N) is 1. The number of aromatic nitrogens is 2. The summed E-state index contributed by atoms with van der Waals surface area (Å²) in [5, 5.41) is 17.0. The van der Waals surface area contributed by atoms with Crippen molar-refractivity contribution in [2.45, 2.75) is 44.4 Å². The summed E-state index contributed by atoms with van der Waals surface area (Å²) in [7, 11) is 0. The van der Waals surface area contributed by atoms with E-state index in [-0.39, 0.29) is 23.8 Å². The number of ether oxygens (including phenoxy) is 1. The van der Waals surface area contributed by atoms with Gasteiger partial charge >= 0.3 is 0 Å². The molecule has 1 aliphatic rings. The summed E-state index contributed by atoms with van der Waals surface area (Å²) in [5.74, 6) is 0.371. The van der Waals surface area contributed by atoms with Crippen molar-refractivity contribution in [3.05, 3.63) is 42.0 Å². The van der Waals surface area contributed by atoms with Gasteiger partial charge in [0.2, 0.25) is 5.76 Å². The van der Waals surface area contributed by atoms with E-state index in [0.717, 1.165) is 12.8 Å². The summed E-state index contributed by atoms with van der Waals surface area (Å²) in [4.78, 5) is 16.1. The Balaban J connectivity index is 1.63. The minimum Gasteiger partial charge on any atom is -0.486 e. The Morgan fingerprint density at radius 2 is 2.35 bits per heavy atom. The standard InChI is InChI=1S/C16H19N3O4/c1-10-8-14(23-19-10)16(21)18-12-5-2-6-13(15(12)20)22-11-4-3-7-17-9-11/h3-4,7-9,12-13,15,20H,2,5-6H2,1H3,(H,18,21)/t12-,13-,15-/m1/s1. The van der Waals surface area contributed by atoms with Gasteiger partial charge in [-0.15, -0.1) is 0 Å². The first-order valence-corrected chi connectivity index (χ1v) is 7.62. The highest BCUT2D eigenvalue weighted by Crippen LogP contribution is 2.24. The molecule has 0 radical (unpaired) electrons. The molecule has 0 aromatic carbocycles. The smallest absolute Gasteiger partial charge is 0.290 e. The Hall–Kier alpha value is -2.41. The lowest BCUT2D eigenvalue weighted by Gasteiger charge is -2.34. The van der Waals surface area contributed by atoms with Crippen molar-refractivity contribution < 1.29 is 19.2 Å². The summed E-state index contributed by atoms with van der Waals surface area (Å²) in [6.45, 7) is 1.74. The number of carbonyl (C=O) groups excluding carboxylic acids is 1. The molecule has 7 heteroatoms. The molecule has 3 rings (SSSR count). The fraction of sp³-hybridized carbons (Fsp3) is 0.438. The minimum atomic E-state index is -0.795. The Bertz CT molecular complexity index is 658. The largest absolute Gasteiger partial charge is 0.486 e. The van der Waals surface area contributed by atoms with Crippen molar-refractivity contribution in [3.8, 4) is 5.75 Å². The van der Waals surface area contributed by atoms with Crippen LogP contribution in [0, 0.1) is 6.92 Å². The van der Waals surface area contributed by atoms with E-state index < -0.39 is 6.10 Å². The molecule has 7 nitrogen and oxygen atoms in total. The maximum absolute atomic E-state index is 12.1. The number of aliphatic hydroxyl groups is 1. The van der Waals surface area contributed by atoms with Gasteiger partial charge in [0, 0.05) is 12.3 Å². The van der Waals surface area contributed by atoms with Crippen LogP contribution in [0.4, 0.5) is 0 Å². The minimum absolute atomic E-state index is 0.144. The highest BCUT2D eigenvalue weighted by atomic mass is 16.5. The second-order valence-electron chi connectivity index (χ2n) is 5.68. The topological polar surface area (TPSA) is 97.5 Å². The highest BCUT2D eigenvalue weighted by Gasteiger charge is 2.35. The number of carbonyl (C=O) groups is 1. The predicted molar refractivity (Wildman–Crippen MR) is 81.0 cm³/mol. The average molecular weight is 317 g/mol. The molecule has 1 fully saturated rings. The van der Waals surface area contributed by atoms with Crippen LogP contribution in [-0.2, 0) is 0 Å². The molecule has 0 spiro atoms. The normalized spacial score (nSPS) is 24.2. The van der Waals surface area contributed by atoms with Gasteiger partial charge in [0.15, 0.2) is 0 Å². The second-order valence-corrected chi connectivity index (χ2v) is 5.68. The van der Waals surface area contributed by atoms with Gasteiger partial charge in [0.05, 0.1) is 17.9 Å². The third kappa shape index (κ3) is 3.68. The van der Waals surface area contributed by atoms with Crippen LogP contribution in [0.5, 0.6) is 5.75 Å². The summed E-state index contributed by atoms with van der Waals surface area (Å²) in [5.41, 5.74) is 0.636. The second kappa shape index (κ2) is 6.78. The zero-order chi connectivity index (χ0) is 16.2. The quantitative estimate of drug-likeness (QED) is 0.886. The molecule has 1 amide bonds. The van der Waals surface area contributed by atoms with E-state index in [1.165, 1.54) is 0 Å². The Kier molecular flexibility index (Phi) is 4.57. The van der Waals surface area contributed by atoms with Gasteiger partial charge in [0.1, 0.15) is 18.0 Å². The molecule has 1 aliphatic carbocycles. The van der Waals surface area contributed by atoms with E-state index >= 15 is 0 Å². The number of aryl methyl sites for hydroxylation is 1. The molecule has 2 aromatic rings. The molecule has 122 valence electrons. The maximum atomic E-state index is 12.1. The molecule has 0 saturated heterocycles. The highest BCUT2D eigenvalue weighted by molar-refractivity contribution is 5.91. The van der Waals surface area contributed by atoms with Gasteiger partial charge in [-0.25, -0.2) is 0 Å². The van der Waals surface area contributed by atoms with Gasteiger partial charge in [-0.05, 0) is 38.3 Å². The van der Waals surface area contributed by atoms with Crippen molar-refractivity contribution in [3.63, 3.8) is 0 Å². The van der Waals surface area contributed by atoms with E-state index in [9.17, 15) is 9.90 Å². The van der Waals surface area contributed by atoms with Gasteiger partial charge < -0.3 is 19.7 Å². The van der Waals surface area contributed by atoms with Gasteiger partial charge in [-0.1, -0.05) is 5.16 Å². The molecule has 0 bridgehead atoms. The molecule has 2 aromatic heterocycles. The van der Waals surface area contributed by atoms with Crippen molar-refractivity contribution in [2.75, 3.05) is 0 Å². The first-order valence-electron chi connectivity index (χ1n) is 7.62. The first-order chi connectivity index (χ1) is 11.1. The molecule has 2 heterocycles. The van der Waals surface area contributed by atoms with E-state index in [1.807, 2.05) is 0 Å². The number of hydrogen-bond donors (Lipinski definition) is 2. The third-order valence-electron chi connectivity index (χ3n) is 3.89. The van der Waals surface area contributed by atoms with E-state index in [1.54, 1.807) is 37.5 Å². The fourth-order valence-corrected chi connectivity index (χ4v) is 2.73. The van der Waals surface area contributed by atoms with Crippen LogP contribution in [0.1, 0.15) is 35.5 Å². The van der Waals surface area contributed by atoms with Crippen molar-refractivity contribution in [2.24, 2.45) is 0 Å². The van der Waals surface area contributed by atoms with Crippen molar-refractivity contribution in [1.82, 2.24) is 15.5 Å². The molecular formula is C16H19N3O4. The molecule has 0 aliphatic heterocycles. The van der Waals surface area contributed by atoms with Crippen LogP contribution in [0.15, 0.2) is 35.1 Å². The zero-order valence-electron chi connectivity index (χ0n) is 12.8. The summed E-state index contributed by atoms with van der Waals surface area (Å²) >= 11 is 0. The van der Waals surface area contributed by atoms with Crippen LogP contribution >= 0.6 is 0 Å².